The highest BCUT2D eigenvalue weighted by Crippen LogP contribution is 2.31. The van der Waals surface area contributed by atoms with Gasteiger partial charge in [0.1, 0.15) is 5.56 Å². The van der Waals surface area contributed by atoms with Crippen molar-refractivity contribution in [3.8, 4) is 0 Å². The Morgan fingerprint density at radius 3 is 2.68 bits per heavy atom. The van der Waals surface area contributed by atoms with Gasteiger partial charge in [-0.25, -0.2) is 4.98 Å². The van der Waals surface area contributed by atoms with Gasteiger partial charge in [0.25, 0.3) is 11.5 Å². The fourth-order valence-corrected chi connectivity index (χ4v) is 4.08. The Labute approximate surface area is 131 Å². The SMILES string of the molecule is O=C(c1cnc2n(c1=O)CCS2)N1CCC2(CC1)OCCO2. The van der Waals surface area contributed by atoms with Crippen LogP contribution in [0.1, 0.15) is 23.2 Å². The fourth-order valence-electron chi connectivity index (χ4n) is 3.17. The lowest BCUT2D eigenvalue weighted by Gasteiger charge is -2.37. The van der Waals surface area contributed by atoms with Crippen LogP contribution in [0, 0.1) is 0 Å². The number of piperidine rings is 1. The summed E-state index contributed by atoms with van der Waals surface area (Å²) in [6.45, 7) is 2.92. The molecule has 2 saturated heterocycles. The molecular weight excluding hydrogens is 306 g/mol. The molecule has 2 fully saturated rings. The summed E-state index contributed by atoms with van der Waals surface area (Å²) in [6, 6.07) is 0. The van der Waals surface area contributed by atoms with E-state index in [0.29, 0.717) is 50.8 Å². The number of carbonyl (C=O) groups excluding carboxylic acids is 1. The van der Waals surface area contributed by atoms with Gasteiger partial charge in [-0.15, -0.1) is 0 Å². The highest BCUT2D eigenvalue weighted by molar-refractivity contribution is 7.99. The van der Waals surface area contributed by atoms with Crippen molar-refractivity contribution in [2.24, 2.45) is 0 Å². The Balaban J connectivity index is 1.52. The lowest BCUT2D eigenvalue weighted by atomic mass is 10.0. The van der Waals surface area contributed by atoms with Crippen molar-refractivity contribution >= 4 is 17.7 Å². The first-order chi connectivity index (χ1) is 10.7. The van der Waals surface area contributed by atoms with E-state index in [-0.39, 0.29) is 17.0 Å². The minimum absolute atomic E-state index is 0.162. The van der Waals surface area contributed by atoms with E-state index in [1.54, 1.807) is 21.2 Å². The maximum Gasteiger partial charge on any atom is 0.267 e. The molecule has 0 radical (unpaired) electrons. The van der Waals surface area contributed by atoms with Crippen molar-refractivity contribution in [1.29, 1.82) is 0 Å². The first kappa shape index (κ1) is 14.2. The number of fused-ring (bicyclic) bond motifs is 1. The molecule has 7 nitrogen and oxygen atoms in total. The number of nitrogens with zero attached hydrogens (tertiary/aromatic N) is 3. The molecule has 0 N–H and O–H groups in total. The van der Waals surface area contributed by atoms with Crippen LogP contribution >= 0.6 is 11.8 Å². The van der Waals surface area contributed by atoms with Crippen molar-refractivity contribution in [2.75, 3.05) is 32.1 Å². The van der Waals surface area contributed by atoms with Crippen molar-refractivity contribution in [2.45, 2.75) is 30.3 Å². The summed E-state index contributed by atoms with van der Waals surface area (Å²) >= 11 is 1.54. The fraction of sp³-hybridized carbons (Fsp3) is 0.643. The molecule has 22 heavy (non-hydrogen) atoms. The van der Waals surface area contributed by atoms with Crippen LogP contribution < -0.4 is 5.56 Å². The molecule has 4 rings (SSSR count). The van der Waals surface area contributed by atoms with Crippen LogP contribution in [0.25, 0.3) is 0 Å². The summed E-state index contributed by atoms with van der Waals surface area (Å²) in [4.78, 5) is 30.9. The molecule has 118 valence electrons. The molecule has 4 heterocycles. The van der Waals surface area contributed by atoms with Gasteiger partial charge in [0, 0.05) is 44.4 Å². The second kappa shape index (κ2) is 5.36. The van der Waals surface area contributed by atoms with Crippen LogP contribution in [0.4, 0.5) is 0 Å². The maximum absolute atomic E-state index is 12.6. The van der Waals surface area contributed by atoms with Crippen molar-refractivity contribution < 1.29 is 14.3 Å². The quantitative estimate of drug-likeness (QED) is 0.694. The summed E-state index contributed by atoms with van der Waals surface area (Å²) in [6.07, 6.45) is 2.71. The van der Waals surface area contributed by atoms with Gasteiger partial charge >= 0.3 is 0 Å². The molecule has 0 aromatic carbocycles. The van der Waals surface area contributed by atoms with E-state index >= 15 is 0 Å². The number of hydrogen-bond donors (Lipinski definition) is 0. The van der Waals surface area contributed by atoms with Crippen LogP contribution in [0.15, 0.2) is 16.1 Å². The summed E-state index contributed by atoms with van der Waals surface area (Å²) < 4.78 is 12.9. The van der Waals surface area contributed by atoms with E-state index in [9.17, 15) is 9.59 Å². The van der Waals surface area contributed by atoms with Gasteiger partial charge in [-0.3, -0.25) is 14.2 Å². The van der Waals surface area contributed by atoms with Crippen molar-refractivity contribution in [1.82, 2.24) is 14.5 Å². The second-order valence-electron chi connectivity index (χ2n) is 5.66. The standard InChI is InChI=1S/C14H17N3O4S/c18-11(10-9-15-13-17(12(10)19)5-8-22-13)16-3-1-14(2-4-16)20-6-7-21-14/h9H,1-8H2. The van der Waals surface area contributed by atoms with Crippen LogP contribution in [-0.2, 0) is 16.0 Å². The zero-order chi connectivity index (χ0) is 15.2. The molecular formula is C14H17N3O4S. The number of rotatable bonds is 1. The summed E-state index contributed by atoms with van der Waals surface area (Å²) in [5, 5.41) is 0.701. The molecule has 1 spiro atoms. The molecule has 3 aliphatic heterocycles. The monoisotopic (exact) mass is 323 g/mol. The Morgan fingerprint density at radius 2 is 1.95 bits per heavy atom. The van der Waals surface area contributed by atoms with E-state index in [0.717, 1.165) is 5.75 Å². The lowest BCUT2D eigenvalue weighted by molar-refractivity contribution is -0.181. The third-order valence-corrected chi connectivity index (χ3v) is 5.38. The lowest BCUT2D eigenvalue weighted by Crippen LogP contribution is -2.48. The Kier molecular flexibility index (Phi) is 3.47. The van der Waals surface area contributed by atoms with Gasteiger partial charge in [-0.2, -0.15) is 0 Å². The van der Waals surface area contributed by atoms with Crippen LogP contribution in [0.2, 0.25) is 0 Å². The molecule has 0 saturated carbocycles. The zero-order valence-corrected chi connectivity index (χ0v) is 12.9. The molecule has 8 heteroatoms. The molecule has 0 bridgehead atoms. The summed E-state index contributed by atoms with van der Waals surface area (Å²) in [7, 11) is 0. The smallest absolute Gasteiger partial charge is 0.267 e. The second-order valence-corrected chi connectivity index (χ2v) is 6.72. The van der Waals surface area contributed by atoms with Crippen molar-refractivity contribution in [3.05, 3.63) is 22.1 Å². The minimum atomic E-state index is -0.515. The number of likely N-dealkylation sites (tertiary alicyclic amines) is 1. The third-order valence-electron chi connectivity index (χ3n) is 4.41. The highest BCUT2D eigenvalue weighted by Gasteiger charge is 2.41. The Hall–Kier alpha value is -1.38. The molecule has 0 unspecified atom stereocenters. The highest BCUT2D eigenvalue weighted by atomic mass is 32.2. The first-order valence-corrected chi connectivity index (χ1v) is 8.47. The van der Waals surface area contributed by atoms with E-state index in [4.69, 9.17) is 9.47 Å². The van der Waals surface area contributed by atoms with Gasteiger partial charge < -0.3 is 14.4 Å². The van der Waals surface area contributed by atoms with Crippen molar-refractivity contribution in [3.63, 3.8) is 0 Å². The number of amides is 1. The number of hydrogen-bond acceptors (Lipinski definition) is 6. The Bertz CT molecular complexity index is 659. The molecule has 1 aromatic rings. The van der Waals surface area contributed by atoms with E-state index in [1.807, 2.05) is 0 Å². The average molecular weight is 323 g/mol. The molecule has 3 aliphatic rings. The van der Waals surface area contributed by atoms with E-state index < -0.39 is 5.79 Å². The minimum Gasteiger partial charge on any atom is -0.347 e. The van der Waals surface area contributed by atoms with E-state index in [2.05, 4.69) is 4.98 Å². The number of carbonyl (C=O) groups is 1. The van der Waals surface area contributed by atoms with Crippen LogP contribution in [-0.4, -0.2) is 58.2 Å². The van der Waals surface area contributed by atoms with E-state index in [1.165, 1.54) is 6.20 Å². The molecule has 0 atom stereocenters. The summed E-state index contributed by atoms with van der Waals surface area (Å²) in [5.74, 6) is 0.0805. The van der Waals surface area contributed by atoms with Gasteiger partial charge in [0.15, 0.2) is 10.9 Å². The van der Waals surface area contributed by atoms with Crippen LogP contribution in [0.5, 0.6) is 0 Å². The van der Waals surface area contributed by atoms with Gasteiger partial charge in [-0.05, 0) is 0 Å². The molecule has 1 aromatic heterocycles. The van der Waals surface area contributed by atoms with Gasteiger partial charge in [0.05, 0.1) is 13.2 Å². The Morgan fingerprint density at radius 1 is 1.23 bits per heavy atom. The van der Waals surface area contributed by atoms with Gasteiger partial charge in [0.2, 0.25) is 0 Å². The third kappa shape index (κ3) is 2.26. The molecule has 1 amide bonds. The normalized spacial score (nSPS) is 23.0. The topological polar surface area (TPSA) is 73.7 Å². The average Bonchev–Trinajstić information content (AvgIpc) is 3.18. The predicted molar refractivity (Wildman–Crippen MR) is 79.0 cm³/mol. The number of ether oxygens (including phenoxy) is 2. The largest absolute Gasteiger partial charge is 0.347 e. The number of thioether (sulfide) groups is 1. The predicted octanol–water partition coefficient (Wildman–Crippen LogP) is 0.328. The zero-order valence-electron chi connectivity index (χ0n) is 12.1. The molecule has 0 aliphatic carbocycles. The number of aromatic nitrogens is 2. The maximum atomic E-state index is 12.6. The first-order valence-electron chi connectivity index (χ1n) is 7.48. The van der Waals surface area contributed by atoms with Crippen LogP contribution in [0.3, 0.4) is 0 Å². The summed E-state index contributed by atoms with van der Waals surface area (Å²) in [5.41, 5.74) is -0.0656. The van der Waals surface area contributed by atoms with Gasteiger partial charge in [-0.1, -0.05) is 11.8 Å².